The topological polar surface area (TPSA) is 108 Å². The van der Waals surface area contributed by atoms with E-state index >= 15 is 4.39 Å². The lowest BCUT2D eigenvalue weighted by atomic mass is 10.0. The number of nitriles is 1. The Morgan fingerprint density at radius 3 is 2.65 bits per heavy atom. The Balaban J connectivity index is 1.24. The number of hydrogen-bond donors (Lipinski definition) is 0. The molecule has 0 aliphatic carbocycles. The number of likely N-dealkylation sites (N-methyl/N-ethyl adjacent to an activating group) is 1. The van der Waals surface area contributed by atoms with Gasteiger partial charge in [0.2, 0.25) is 0 Å². The number of carbonyl (C=O) groups excluding carboxylic acids is 1. The number of likely N-dealkylation sites (tertiary alicyclic amines) is 1. The van der Waals surface area contributed by atoms with Crippen LogP contribution in [0.5, 0.6) is 6.01 Å². The lowest BCUT2D eigenvalue weighted by Crippen LogP contribution is -2.55. The van der Waals surface area contributed by atoms with Crippen molar-refractivity contribution in [1.82, 2.24) is 24.8 Å². The summed E-state index contributed by atoms with van der Waals surface area (Å²) in [4.78, 5) is 32.7. The van der Waals surface area contributed by atoms with Crippen LogP contribution in [0.2, 0.25) is 0 Å². The van der Waals surface area contributed by atoms with Gasteiger partial charge in [0.1, 0.15) is 36.1 Å². The van der Waals surface area contributed by atoms with E-state index in [-0.39, 0.29) is 49.4 Å². The Hall–Kier alpha value is -5.41. The number of carbonyl (C=O) groups is 1. The standard InChI is InChI=1S/C37H35F2N7O3/c1-44-16-6-10-28(44)23-48-36-42-34-31(20-41-33(32(34)39)29-11-5-9-25-12-13-26(38)19-30(25)29)35(43-36)45-17-18-46(27(21-45)14-15-40)37(47)49-22-24-7-3-2-4-8-24/h2-5,7-9,11-13,19-20,27-28H,6,10,14,16-18,21-23H2,1H3/t27-,28-/m0/s1. The fraction of sp³-hybridized carbons (Fsp3) is 0.324. The van der Waals surface area contributed by atoms with Crippen molar-refractivity contribution in [2.75, 3.05) is 44.7 Å². The molecule has 4 heterocycles. The zero-order valence-corrected chi connectivity index (χ0v) is 27.1. The average Bonchev–Trinajstić information content (AvgIpc) is 3.54. The van der Waals surface area contributed by atoms with E-state index in [2.05, 4.69) is 20.9 Å². The lowest BCUT2D eigenvalue weighted by Gasteiger charge is -2.40. The van der Waals surface area contributed by atoms with Gasteiger partial charge in [-0.3, -0.25) is 4.98 Å². The highest BCUT2D eigenvalue weighted by atomic mass is 19.1. The van der Waals surface area contributed by atoms with Gasteiger partial charge in [-0.25, -0.2) is 13.6 Å². The molecular formula is C37H35F2N7O3. The third-order valence-electron chi connectivity index (χ3n) is 9.37. The number of piperazine rings is 1. The largest absolute Gasteiger partial charge is 0.462 e. The maximum absolute atomic E-state index is 16.7. The smallest absolute Gasteiger partial charge is 0.410 e. The van der Waals surface area contributed by atoms with Gasteiger partial charge in [0.15, 0.2) is 5.82 Å². The van der Waals surface area contributed by atoms with Crippen LogP contribution < -0.4 is 9.64 Å². The van der Waals surface area contributed by atoms with E-state index < -0.39 is 23.8 Å². The van der Waals surface area contributed by atoms with Gasteiger partial charge in [0, 0.05) is 37.4 Å². The first-order valence-electron chi connectivity index (χ1n) is 16.4. The van der Waals surface area contributed by atoms with Crippen LogP contribution in [0.15, 0.2) is 72.9 Å². The zero-order chi connectivity index (χ0) is 33.9. The van der Waals surface area contributed by atoms with Crippen LogP contribution in [-0.2, 0) is 11.3 Å². The summed E-state index contributed by atoms with van der Waals surface area (Å²) < 4.78 is 42.7. The Labute approximate surface area is 282 Å². The molecule has 2 saturated heterocycles. The van der Waals surface area contributed by atoms with E-state index in [1.165, 1.54) is 18.3 Å². The summed E-state index contributed by atoms with van der Waals surface area (Å²) >= 11 is 0. The molecule has 0 N–H and O–H groups in total. The van der Waals surface area contributed by atoms with E-state index in [1.54, 1.807) is 23.1 Å². The molecule has 7 rings (SSSR count). The van der Waals surface area contributed by atoms with Crippen LogP contribution in [0.3, 0.4) is 0 Å². The van der Waals surface area contributed by atoms with Gasteiger partial charge in [-0.2, -0.15) is 15.2 Å². The lowest BCUT2D eigenvalue weighted by molar-refractivity contribution is 0.0768. The third-order valence-corrected chi connectivity index (χ3v) is 9.37. The number of aromatic nitrogens is 3. The van der Waals surface area contributed by atoms with Gasteiger partial charge in [-0.15, -0.1) is 0 Å². The number of benzene rings is 3. The predicted molar refractivity (Wildman–Crippen MR) is 181 cm³/mol. The highest BCUT2D eigenvalue weighted by molar-refractivity contribution is 5.99. The van der Waals surface area contributed by atoms with Crippen molar-refractivity contribution in [3.63, 3.8) is 0 Å². The van der Waals surface area contributed by atoms with Crippen LogP contribution >= 0.6 is 0 Å². The van der Waals surface area contributed by atoms with E-state index in [1.807, 2.05) is 48.3 Å². The number of hydrogen-bond acceptors (Lipinski definition) is 9. The van der Waals surface area contributed by atoms with Crippen molar-refractivity contribution in [3.8, 4) is 23.3 Å². The number of amides is 1. The monoisotopic (exact) mass is 663 g/mol. The summed E-state index contributed by atoms with van der Waals surface area (Å²) in [6.07, 6.45) is 3.10. The van der Waals surface area contributed by atoms with Crippen LogP contribution in [0.1, 0.15) is 24.8 Å². The molecule has 3 aromatic carbocycles. The fourth-order valence-corrected chi connectivity index (χ4v) is 6.70. The van der Waals surface area contributed by atoms with Gasteiger partial charge >= 0.3 is 12.1 Å². The first-order valence-corrected chi connectivity index (χ1v) is 16.4. The zero-order valence-electron chi connectivity index (χ0n) is 27.1. The van der Waals surface area contributed by atoms with Crippen molar-refractivity contribution >= 4 is 33.6 Å². The second kappa shape index (κ2) is 14.0. The van der Waals surface area contributed by atoms with Gasteiger partial charge in [0.25, 0.3) is 0 Å². The Morgan fingerprint density at radius 1 is 1.00 bits per heavy atom. The minimum atomic E-state index is -0.683. The molecule has 2 aromatic heterocycles. The summed E-state index contributed by atoms with van der Waals surface area (Å²) in [6, 6.07) is 21.0. The number of pyridine rings is 1. The van der Waals surface area contributed by atoms with E-state index in [0.717, 1.165) is 30.3 Å². The maximum atomic E-state index is 16.7. The molecule has 0 unspecified atom stereocenters. The van der Waals surface area contributed by atoms with Crippen molar-refractivity contribution in [1.29, 1.82) is 5.26 Å². The molecule has 49 heavy (non-hydrogen) atoms. The highest BCUT2D eigenvalue weighted by Gasteiger charge is 2.34. The SMILES string of the molecule is CN1CCC[C@H]1COc1nc(N2CCN(C(=O)OCc3ccccc3)[C@@H](CC#N)C2)c2cnc(-c3cccc4ccc(F)cc34)c(F)c2n1. The molecule has 12 heteroatoms. The normalized spacial score (nSPS) is 18.2. The molecule has 0 spiro atoms. The van der Waals surface area contributed by atoms with Crippen molar-refractivity contribution in [2.24, 2.45) is 0 Å². The first-order chi connectivity index (χ1) is 23.9. The minimum Gasteiger partial charge on any atom is -0.462 e. The van der Waals surface area contributed by atoms with E-state index in [0.29, 0.717) is 35.3 Å². The van der Waals surface area contributed by atoms with Gasteiger partial charge in [-0.05, 0) is 54.9 Å². The molecule has 2 aliphatic rings. The highest BCUT2D eigenvalue weighted by Crippen LogP contribution is 2.36. The molecule has 1 amide bonds. The van der Waals surface area contributed by atoms with E-state index in [4.69, 9.17) is 14.5 Å². The predicted octanol–water partition coefficient (Wildman–Crippen LogP) is 6.34. The van der Waals surface area contributed by atoms with Gasteiger partial charge in [-0.1, -0.05) is 54.6 Å². The third kappa shape index (κ3) is 6.67. The number of halogens is 2. The number of fused-ring (bicyclic) bond motifs is 2. The van der Waals surface area contributed by atoms with Gasteiger partial charge < -0.3 is 24.2 Å². The molecule has 250 valence electrons. The Kier molecular flexibility index (Phi) is 9.17. The molecular weight excluding hydrogens is 628 g/mol. The quantitative estimate of drug-likeness (QED) is 0.188. The van der Waals surface area contributed by atoms with Crippen LogP contribution in [-0.4, -0.2) is 82.8 Å². The van der Waals surface area contributed by atoms with Crippen molar-refractivity contribution in [3.05, 3.63) is 90.1 Å². The summed E-state index contributed by atoms with van der Waals surface area (Å²) in [5, 5.41) is 11.3. The van der Waals surface area contributed by atoms with Crippen LogP contribution in [0, 0.1) is 23.0 Å². The molecule has 0 bridgehead atoms. The number of rotatable bonds is 8. The summed E-state index contributed by atoms with van der Waals surface area (Å²) in [6.45, 7) is 2.25. The number of ether oxygens (including phenoxy) is 2. The van der Waals surface area contributed by atoms with E-state index in [9.17, 15) is 14.4 Å². The van der Waals surface area contributed by atoms with Crippen LogP contribution in [0.25, 0.3) is 32.9 Å². The molecule has 2 atom stereocenters. The summed E-state index contributed by atoms with van der Waals surface area (Å²) in [5.41, 5.74) is 1.34. The molecule has 5 aromatic rings. The molecule has 2 fully saturated rings. The second-order valence-corrected chi connectivity index (χ2v) is 12.5. The minimum absolute atomic E-state index is 0.0136. The Morgan fingerprint density at radius 2 is 1.86 bits per heavy atom. The molecule has 2 aliphatic heterocycles. The molecule has 0 saturated carbocycles. The Bertz CT molecular complexity index is 2040. The maximum Gasteiger partial charge on any atom is 0.410 e. The van der Waals surface area contributed by atoms with Crippen molar-refractivity contribution in [2.45, 2.75) is 38.0 Å². The molecule has 0 radical (unpaired) electrons. The van der Waals surface area contributed by atoms with Crippen molar-refractivity contribution < 1.29 is 23.0 Å². The summed E-state index contributed by atoms with van der Waals surface area (Å²) in [5.74, 6) is -0.729. The number of nitrogens with zero attached hydrogens (tertiary/aromatic N) is 7. The van der Waals surface area contributed by atoms with Crippen LogP contribution in [0.4, 0.5) is 19.4 Å². The molecule has 10 nitrogen and oxygen atoms in total. The average molecular weight is 664 g/mol. The summed E-state index contributed by atoms with van der Waals surface area (Å²) in [7, 11) is 2.04. The second-order valence-electron chi connectivity index (χ2n) is 12.5. The number of anilines is 1. The first kappa shape index (κ1) is 32.2. The van der Waals surface area contributed by atoms with Gasteiger partial charge in [0.05, 0.1) is 23.9 Å². The fourth-order valence-electron chi connectivity index (χ4n) is 6.70.